The van der Waals surface area contributed by atoms with E-state index in [4.69, 9.17) is 15.0 Å². The average molecular weight is 356 g/mol. The highest BCUT2D eigenvalue weighted by Gasteiger charge is 2.12. The lowest BCUT2D eigenvalue weighted by atomic mass is 10.1. The molecule has 0 aliphatic carbocycles. The van der Waals surface area contributed by atoms with Gasteiger partial charge in [-0.3, -0.25) is 4.55 Å². The molecule has 0 saturated heterocycles. The van der Waals surface area contributed by atoms with Gasteiger partial charge in [0.1, 0.15) is 11.6 Å². The second-order valence-electron chi connectivity index (χ2n) is 5.06. The molecule has 0 aliphatic rings. The Labute approximate surface area is 138 Å². The molecule has 1 heterocycles. The van der Waals surface area contributed by atoms with Crippen LogP contribution in [0.5, 0.6) is 6.01 Å². The predicted molar refractivity (Wildman–Crippen MR) is 86.7 cm³/mol. The largest absolute Gasteiger partial charge is 0.467 e. The zero-order valence-corrected chi connectivity index (χ0v) is 13.9. The van der Waals surface area contributed by atoms with Crippen molar-refractivity contribution in [3.63, 3.8) is 0 Å². The number of nitrogens with one attached hydrogen (secondary N) is 1. The number of hydrogen-bond donors (Lipinski definition) is 3. The quantitative estimate of drug-likeness (QED) is 0.665. The lowest BCUT2D eigenvalue weighted by molar-refractivity contribution is 0.379. The number of halogens is 1. The number of anilines is 2. The summed E-state index contributed by atoms with van der Waals surface area (Å²) in [4.78, 5) is 8.08. The third kappa shape index (κ3) is 4.52. The summed E-state index contributed by atoms with van der Waals surface area (Å²) in [5.41, 5.74) is 7.14. The first-order valence-electron chi connectivity index (χ1n) is 6.84. The monoisotopic (exact) mass is 356 g/mol. The molecule has 4 N–H and O–H groups in total. The van der Waals surface area contributed by atoms with Crippen molar-refractivity contribution < 1.29 is 22.1 Å². The number of nitrogens with two attached hydrogens (primary N) is 1. The first-order valence-corrected chi connectivity index (χ1v) is 8.45. The maximum atomic E-state index is 14.0. The smallest absolute Gasteiger partial charge is 0.318 e. The second-order valence-corrected chi connectivity index (χ2v) is 6.52. The maximum absolute atomic E-state index is 14.0. The van der Waals surface area contributed by atoms with E-state index in [0.29, 0.717) is 17.2 Å². The Morgan fingerprint density at radius 1 is 1.38 bits per heavy atom. The van der Waals surface area contributed by atoms with E-state index >= 15 is 0 Å². The van der Waals surface area contributed by atoms with Crippen LogP contribution in [0.4, 0.5) is 15.9 Å². The average Bonchev–Trinajstić information content (AvgIpc) is 2.48. The fourth-order valence-electron chi connectivity index (χ4n) is 2.00. The summed E-state index contributed by atoms with van der Waals surface area (Å²) in [6, 6.07) is 4.03. The SMILES string of the molecule is COc1nc(C)c(N)c(NCc2ccc(CS(=O)(=O)O)cc2F)n1. The van der Waals surface area contributed by atoms with E-state index in [2.05, 4.69) is 15.3 Å². The number of aromatic nitrogens is 2. The molecular formula is C14H17FN4O4S. The van der Waals surface area contributed by atoms with E-state index < -0.39 is 21.7 Å². The van der Waals surface area contributed by atoms with Gasteiger partial charge in [-0.05, 0) is 18.6 Å². The van der Waals surface area contributed by atoms with Gasteiger partial charge in [0.2, 0.25) is 0 Å². The van der Waals surface area contributed by atoms with Crippen LogP contribution in [0, 0.1) is 12.7 Å². The molecule has 0 fully saturated rings. The van der Waals surface area contributed by atoms with Crippen LogP contribution in [-0.2, 0) is 22.4 Å². The highest BCUT2D eigenvalue weighted by atomic mass is 32.2. The Hall–Kier alpha value is -2.46. The Bertz CT molecular complexity index is 858. The van der Waals surface area contributed by atoms with Crippen LogP contribution in [-0.4, -0.2) is 30.0 Å². The van der Waals surface area contributed by atoms with Crippen LogP contribution in [0.15, 0.2) is 18.2 Å². The molecule has 0 unspecified atom stereocenters. The van der Waals surface area contributed by atoms with Gasteiger partial charge in [-0.25, -0.2) is 4.39 Å². The van der Waals surface area contributed by atoms with Crippen molar-refractivity contribution in [2.75, 3.05) is 18.2 Å². The van der Waals surface area contributed by atoms with Crippen LogP contribution >= 0.6 is 0 Å². The van der Waals surface area contributed by atoms with Gasteiger partial charge >= 0.3 is 6.01 Å². The molecule has 0 aliphatic heterocycles. The summed E-state index contributed by atoms with van der Waals surface area (Å²) in [7, 11) is -2.79. The molecule has 0 radical (unpaired) electrons. The van der Waals surface area contributed by atoms with Crippen molar-refractivity contribution in [1.29, 1.82) is 0 Å². The molecule has 1 aromatic carbocycles. The van der Waals surface area contributed by atoms with Crippen molar-refractivity contribution in [1.82, 2.24) is 9.97 Å². The summed E-state index contributed by atoms with van der Waals surface area (Å²) in [6.45, 7) is 1.76. The molecule has 2 aromatic rings. The highest BCUT2D eigenvalue weighted by Crippen LogP contribution is 2.22. The fourth-order valence-corrected chi connectivity index (χ4v) is 2.60. The third-order valence-corrected chi connectivity index (χ3v) is 3.91. The van der Waals surface area contributed by atoms with Crippen LogP contribution in [0.2, 0.25) is 0 Å². The van der Waals surface area contributed by atoms with E-state index in [1.807, 2.05) is 0 Å². The molecule has 0 spiro atoms. The molecule has 0 saturated carbocycles. The molecule has 0 bridgehead atoms. The van der Waals surface area contributed by atoms with Gasteiger partial charge < -0.3 is 15.8 Å². The Kier molecular flexibility index (Phi) is 5.20. The normalized spacial score (nSPS) is 11.3. The van der Waals surface area contributed by atoms with Crippen molar-refractivity contribution >= 4 is 21.6 Å². The fraction of sp³-hybridized carbons (Fsp3) is 0.286. The Morgan fingerprint density at radius 3 is 2.67 bits per heavy atom. The molecule has 2 rings (SSSR count). The number of rotatable bonds is 6. The zero-order chi connectivity index (χ0) is 17.9. The van der Waals surface area contributed by atoms with Gasteiger partial charge in [0.05, 0.1) is 18.5 Å². The zero-order valence-electron chi connectivity index (χ0n) is 13.1. The van der Waals surface area contributed by atoms with E-state index in [1.165, 1.54) is 19.2 Å². The van der Waals surface area contributed by atoms with Gasteiger partial charge in [0, 0.05) is 12.1 Å². The summed E-state index contributed by atoms with van der Waals surface area (Å²) < 4.78 is 49.4. The van der Waals surface area contributed by atoms with E-state index in [9.17, 15) is 12.8 Å². The standard InChI is InChI=1S/C14H17FN4O4S/c1-8-12(16)13(19-14(18-8)23-2)17-6-10-4-3-9(5-11(10)15)7-24(20,21)22/h3-5H,6-7,16H2,1-2H3,(H,17,18,19)(H,20,21,22). The number of methoxy groups -OCH3 is 1. The minimum atomic E-state index is -4.21. The Balaban J connectivity index is 2.17. The number of nitrogen functional groups attached to an aromatic ring is 1. The first-order chi connectivity index (χ1) is 11.2. The van der Waals surface area contributed by atoms with E-state index in [-0.39, 0.29) is 23.7 Å². The molecule has 0 atom stereocenters. The lowest BCUT2D eigenvalue weighted by Crippen LogP contribution is -2.10. The summed E-state index contributed by atoms with van der Waals surface area (Å²) >= 11 is 0. The van der Waals surface area contributed by atoms with Crippen molar-refractivity contribution in [3.8, 4) is 6.01 Å². The van der Waals surface area contributed by atoms with Gasteiger partial charge in [-0.2, -0.15) is 18.4 Å². The molecule has 1 aromatic heterocycles. The van der Waals surface area contributed by atoms with Crippen LogP contribution in [0.3, 0.4) is 0 Å². The second kappa shape index (κ2) is 6.97. The van der Waals surface area contributed by atoms with Gasteiger partial charge in [0.25, 0.3) is 10.1 Å². The molecule has 0 amide bonds. The number of benzene rings is 1. The highest BCUT2D eigenvalue weighted by molar-refractivity contribution is 7.85. The Morgan fingerprint density at radius 2 is 2.08 bits per heavy atom. The topological polar surface area (TPSA) is 127 Å². The van der Waals surface area contributed by atoms with E-state index in [0.717, 1.165) is 6.07 Å². The number of hydrogen-bond acceptors (Lipinski definition) is 7. The summed E-state index contributed by atoms with van der Waals surface area (Å²) in [5, 5.41) is 2.89. The molecule has 10 heteroatoms. The van der Waals surface area contributed by atoms with Gasteiger partial charge in [0.15, 0.2) is 5.82 Å². The number of ether oxygens (including phenoxy) is 1. The first kappa shape index (κ1) is 17.9. The van der Waals surface area contributed by atoms with Crippen LogP contribution in [0.1, 0.15) is 16.8 Å². The van der Waals surface area contributed by atoms with Crippen molar-refractivity contribution in [2.45, 2.75) is 19.2 Å². The maximum Gasteiger partial charge on any atom is 0.318 e. The molecular weight excluding hydrogens is 339 g/mol. The number of aryl methyl sites for hydroxylation is 1. The van der Waals surface area contributed by atoms with Crippen molar-refractivity contribution in [2.24, 2.45) is 0 Å². The van der Waals surface area contributed by atoms with Crippen LogP contribution in [0.25, 0.3) is 0 Å². The predicted octanol–water partition coefficient (Wildman–Crippen LogP) is 1.51. The van der Waals surface area contributed by atoms with Gasteiger partial charge in [-0.1, -0.05) is 12.1 Å². The van der Waals surface area contributed by atoms with Crippen LogP contribution < -0.4 is 15.8 Å². The molecule has 24 heavy (non-hydrogen) atoms. The summed E-state index contributed by atoms with van der Waals surface area (Å²) in [5.74, 6) is -0.951. The molecule has 130 valence electrons. The number of nitrogens with zero attached hydrogens (tertiary/aromatic N) is 2. The van der Waals surface area contributed by atoms with Crippen molar-refractivity contribution in [3.05, 3.63) is 40.8 Å². The molecule has 8 nitrogen and oxygen atoms in total. The third-order valence-electron chi connectivity index (χ3n) is 3.21. The lowest BCUT2D eigenvalue weighted by Gasteiger charge is -2.12. The summed E-state index contributed by atoms with van der Waals surface area (Å²) in [6.07, 6.45) is 0. The minimum Gasteiger partial charge on any atom is -0.467 e. The van der Waals surface area contributed by atoms with Gasteiger partial charge in [-0.15, -0.1) is 0 Å². The minimum absolute atomic E-state index is 0.0712. The van der Waals surface area contributed by atoms with E-state index in [1.54, 1.807) is 6.92 Å².